The van der Waals surface area contributed by atoms with Gasteiger partial charge in [0.05, 0.1) is 0 Å². The average Bonchev–Trinajstić information content (AvgIpc) is 3.22. The second-order valence-electron chi connectivity index (χ2n) is 8.15. The van der Waals surface area contributed by atoms with Gasteiger partial charge >= 0.3 is 0 Å². The fraction of sp³-hybridized carbons (Fsp3) is 0.143. The van der Waals surface area contributed by atoms with Crippen molar-refractivity contribution < 1.29 is 4.79 Å². The van der Waals surface area contributed by atoms with E-state index in [1.165, 1.54) is 15.9 Å². The first-order valence-electron chi connectivity index (χ1n) is 11.0. The van der Waals surface area contributed by atoms with Crippen molar-refractivity contribution in [3.05, 3.63) is 121 Å². The summed E-state index contributed by atoms with van der Waals surface area (Å²) in [7, 11) is -2.21. The lowest BCUT2D eigenvalue weighted by Gasteiger charge is -2.32. The number of rotatable bonds is 6. The minimum absolute atomic E-state index is 0.0774. The molecule has 0 radical (unpaired) electrons. The van der Waals surface area contributed by atoms with Crippen LogP contribution in [0.1, 0.15) is 12.0 Å². The number of amides is 1. The van der Waals surface area contributed by atoms with Gasteiger partial charge in [0.15, 0.2) is 5.66 Å². The number of likely N-dealkylation sites (tertiary alicyclic amines) is 1. The van der Waals surface area contributed by atoms with Crippen LogP contribution in [0.5, 0.6) is 0 Å². The topological polar surface area (TPSA) is 33.2 Å². The van der Waals surface area contributed by atoms with Crippen LogP contribution >= 0.6 is 7.26 Å². The van der Waals surface area contributed by atoms with Gasteiger partial charge in [-0.2, -0.15) is 0 Å². The molecule has 1 aliphatic rings. The number of benzene rings is 3. The monoisotopic (exact) mass is 437 g/mol. The Morgan fingerprint density at radius 2 is 1.28 bits per heavy atom. The highest BCUT2D eigenvalue weighted by Crippen LogP contribution is 2.62. The van der Waals surface area contributed by atoms with Crippen molar-refractivity contribution in [2.45, 2.75) is 18.6 Å². The molecule has 1 unspecified atom stereocenters. The minimum Gasteiger partial charge on any atom is -0.335 e. The molecule has 4 aromatic rings. The number of carbonyl (C=O) groups is 1. The molecule has 32 heavy (non-hydrogen) atoms. The van der Waals surface area contributed by atoms with Crippen LogP contribution < -0.4 is 15.9 Å². The SMILES string of the molecule is O=C1C([P+](c2ccccc2)(c2ccccc2)c2ccccc2)CCN1Cc1cccnc1. The van der Waals surface area contributed by atoms with Crippen molar-refractivity contribution in [3.8, 4) is 0 Å². The van der Waals surface area contributed by atoms with E-state index in [1.807, 2.05) is 23.2 Å². The first kappa shape index (κ1) is 20.6. The molecule has 0 N–H and O–H groups in total. The number of pyridine rings is 1. The Morgan fingerprint density at radius 1 is 0.750 bits per heavy atom. The van der Waals surface area contributed by atoms with Gasteiger partial charge in [-0.15, -0.1) is 0 Å². The first-order valence-corrected chi connectivity index (χ1v) is 12.9. The summed E-state index contributed by atoms with van der Waals surface area (Å²) in [5, 5.41) is 3.79. The standard InChI is InChI=1S/C28H26N2OP/c31-28-27(18-20-30(28)22-23-11-10-19-29-21-23)32(24-12-4-1-5-13-24,25-14-6-2-7-15-25)26-16-8-3-9-17-26/h1-17,19,21,27H,18,20,22H2/q+1. The molecule has 0 aliphatic carbocycles. The van der Waals surface area contributed by atoms with E-state index in [9.17, 15) is 4.79 Å². The lowest BCUT2D eigenvalue weighted by molar-refractivity contribution is -0.127. The van der Waals surface area contributed by atoms with Gasteiger partial charge in [0.2, 0.25) is 0 Å². The third kappa shape index (κ3) is 3.63. The lowest BCUT2D eigenvalue weighted by Crippen LogP contribution is -2.42. The second kappa shape index (κ2) is 9.06. The summed E-state index contributed by atoms with van der Waals surface area (Å²) < 4.78 is 0. The maximum atomic E-state index is 14.0. The van der Waals surface area contributed by atoms with Crippen molar-refractivity contribution in [1.82, 2.24) is 9.88 Å². The van der Waals surface area contributed by atoms with E-state index in [1.54, 1.807) is 6.20 Å². The van der Waals surface area contributed by atoms with E-state index in [0.717, 1.165) is 18.5 Å². The summed E-state index contributed by atoms with van der Waals surface area (Å²) in [5.41, 5.74) is 0.996. The van der Waals surface area contributed by atoms with E-state index in [2.05, 4.69) is 96.0 Å². The van der Waals surface area contributed by atoms with E-state index in [4.69, 9.17) is 0 Å². The number of hydrogen-bond donors (Lipinski definition) is 0. The van der Waals surface area contributed by atoms with E-state index in [0.29, 0.717) is 6.54 Å². The molecule has 4 heteroatoms. The number of aromatic nitrogens is 1. The Labute approximate surface area is 190 Å². The molecule has 1 amide bonds. The Bertz CT molecular complexity index is 1070. The zero-order valence-electron chi connectivity index (χ0n) is 17.9. The molecule has 0 bridgehead atoms. The van der Waals surface area contributed by atoms with Crippen molar-refractivity contribution in [2.75, 3.05) is 6.54 Å². The molecule has 2 heterocycles. The lowest BCUT2D eigenvalue weighted by atomic mass is 10.3. The second-order valence-corrected chi connectivity index (χ2v) is 11.8. The summed E-state index contributed by atoms with van der Waals surface area (Å²) in [4.78, 5) is 20.3. The van der Waals surface area contributed by atoms with Gasteiger partial charge in [0, 0.05) is 31.9 Å². The molecule has 1 atom stereocenters. The molecule has 0 spiro atoms. The molecule has 0 saturated carbocycles. The average molecular weight is 438 g/mol. The molecule has 1 fully saturated rings. The van der Waals surface area contributed by atoms with Crippen LogP contribution in [0, 0.1) is 0 Å². The molecule has 3 aromatic carbocycles. The summed E-state index contributed by atoms with van der Waals surface area (Å²) in [6.45, 7) is 1.38. The van der Waals surface area contributed by atoms with E-state index >= 15 is 0 Å². The Balaban J connectivity index is 1.66. The van der Waals surface area contributed by atoms with Crippen LogP contribution in [-0.2, 0) is 11.3 Å². The Kier molecular flexibility index (Phi) is 5.83. The number of hydrogen-bond acceptors (Lipinski definition) is 2. The molecular formula is C28H26N2OP+. The molecular weight excluding hydrogens is 411 g/mol. The van der Waals surface area contributed by atoms with Crippen molar-refractivity contribution >= 4 is 29.1 Å². The van der Waals surface area contributed by atoms with Crippen molar-refractivity contribution in [1.29, 1.82) is 0 Å². The molecule has 5 rings (SSSR count). The van der Waals surface area contributed by atoms with E-state index in [-0.39, 0.29) is 11.6 Å². The summed E-state index contributed by atoms with van der Waals surface area (Å²) >= 11 is 0. The van der Waals surface area contributed by atoms with Gasteiger partial charge in [-0.25, -0.2) is 0 Å². The largest absolute Gasteiger partial charge is 0.335 e. The molecule has 3 nitrogen and oxygen atoms in total. The highest BCUT2D eigenvalue weighted by molar-refractivity contribution is 7.96. The van der Waals surface area contributed by atoms with Crippen LogP contribution in [0.25, 0.3) is 0 Å². The highest BCUT2D eigenvalue weighted by Gasteiger charge is 2.58. The smallest absolute Gasteiger partial charge is 0.264 e. The fourth-order valence-corrected chi connectivity index (χ4v) is 9.83. The van der Waals surface area contributed by atoms with Crippen molar-refractivity contribution in [2.24, 2.45) is 0 Å². The Morgan fingerprint density at radius 3 is 1.75 bits per heavy atom. The molecule has 1 aromatic heterocycles. The van der Waals surface area contributed by atoms with Crippen LogP contribution in [-0.4, -0.2) is 28.0 Å². The number of nitrogens with zero attached hydrogens (tertiary/aromatic N) is 2. The van der Waals surface area contributed by atoms with Crippen LogP contribution in [0.3, 0.4) is 0 Å². The first-order chi connectivity index (χ1) is 15.8. The maximum absolute atomic E-state index is 14.0. The maximum Gasteiger partial charge on any atom is 0.264 e. The van der Waals surface area contributed by atoms with Gasteiger partial charge in [-0.1, -0.05) is 60.7 Å². The van der Waals surface area contributed by atoms with Gasteiger partial charge in [0.25, 0.3) is 5.91 Å². The minimum atomic E-state index is -2.21. The zero-order valence-corrected chi connectivity index (χ0v) is 18.8. The van der Waals surface area contributed by atoms with Crippen molar-refractivity contribution in [3.63, 3.8) is 0 Å². The predicted molar refractivity (Wildman–Crippen MR) is 133 cm³/mol. The molecule has 1 saturated heterocycles. The van der Waals surface area contributed by atoms with E-state index < -0.39 is 7.26 Å². The quantitative estimate of drug-likeness (QED) is 0.424. The normalized spacial score (nSPS) is 16.3. The third-order valence-electron chi connectivity index (χ3n) is 6.32. The Hall–Kier alpha value is -3.29. The van der Waals surface area contributed by atoms with Gasteiger partial charge in [-0.3, -0.25) is 9.78 Å². The fourth-order valence-electron chi connectivity index (χ4n) is 4.93. The van der Waals surface area contributed by atoms with Crippen LogP contribution in [0.15, 0.2) is 116 Å². The van der Waals surface area contributed by atoms with Gasteiger partial charge < -0.3 is 4.90 Å². The van der Waals surface area contributed by atoms with Gasteiger partial charge in [0.1, 0.15) is 23.2 Å². The summed E-state index contributed by atoms with van der Waals surface area (Å²) in [5.74, 6) is 0.249. The molecule has 1 aliphatic heterocycles. The summed E-state index contributed by atoms with van der Waals surface area (Å²) in [6.07, 6.45) is 4.48. The van der Waals surface area contributed by atoms with Gasteiger partial charge in [-0.05, 0) is 48.0 Å². The summed E-state index contributed by atoms with van der Waals surface area (Å²) in [6, 6.07) is 36.0. The van der Waals surface area contributed by atoms with Crippen LogP contribution in [0.4, 0.5) is 0 Å². The number of carbonyl (C=O) groups excluding carboxylic acids is 1. The zero-order chi connectivity index (χ0) is 21.8. The third-order valence-corrected chi connectivity index (χ3v) is 11.1. The highest BCUT2D eigenvalue weighted by atomic mass is 31.2. The van der Waals surface area contributed by atoms with Crippen LogP contribution in [0.2, 0.25) is 0 Å². The molecule has 158 valence electrons. The predicted octanol–water partition coefficient (Wildman–Crippen LogP) is 4.18.